The van der Waals surface area contributed by atoms with Crippen LogP contribution >= 0.6 is 45.8 Å². The molecule has 0 saturated heterocycles. The largest absolute Gasteiger partial charge is 0.282 e. The Labute approximate surface area is 158 Å². The number of H-pyrrole nitrogens is 2. The average molecular weight is 481 g/mol. The van der Waals surface area contributed by atoms with Gasteiger partial charge < -0.3 is 0 Å². The summed E-state index contributed by atoms with van der Waals surface area (Å²) < 4.78 is 27.1. The van der Waals surface area contributed by atoms with Crippen molar-refractivity contribution in [1.29, 1.82) is 0 Å². The number of halogens is 5. The molecule has 0 aliphatic carbocycles. The zero-order valence-electron chi connectivity index (χ0n) is 12.1. The van der Waals surface area contributed by atoms with Gasteiger partial charge in [-0.3, -0.25) is 10.2 Å². The van der Waals surface area contributed by atoms with Gasteiger partial charge in [-0.15, -0.1) is 0 Å². The van der Waals surface area contributed by atoms with Crippen molar-refractivity contribution >= 4 is 67.6 Å². The van der Waals surface area contributed by atoms with Crippen molar-refractivity contribution in [3.05, 3.63) is 55.3 Å². The minimum Gasteiger partial charge on any atom is -0.282 e. The molecule has 2 aromatic carbocycles. The Kier molecular flexibility index (Phi) is 4.93. The lowest BCUT2D eigenvalue weighted by molar-refractivity contribution is 0.639. The molecule has 0 aliphatic rings. The van der Waals surface area contributed by atoms with Gasteiger partial charge in [-0.25, -0.2) is 8.78 Å². The molecule has 4 nitrogen and oxygen atoms in total. The molecule has 4 rings (SSSR count). The predicted octanol–water partition coefficient (Wildman–Crippen LogP) is 5.62. The summed E-state index contributed by atoms with van der Waals surface area (Å²) in [6, 6.07) is 5.82. The number of aromatic amines is 2. The SMILES string of the molecule is Cc1[nH]nc2cc(Cl)cc(F)c12.Fc1cc(Cl)cc2n[nH]c(I)c12. The van der Waals surface area contributed by atoms with Crippen LogP contribution in [-0.4, -0.2) is 20.4 Å². The van der Waals surface area contributed by atoms with E-state index >= 15 is 0 Å². The van der Waals surface area contributed by atoms with E-state index in [4.69, 9.17) is 23.2 Å². The van der Waals surface area contributed by atoms with Gasteiger partial charge in [0, 0.05) is 15.7 Å². The number of hydrogen-bond donors (Lipinski definition) is 2. The first kappa shape index (κ1) is 17.4. The summed E-state index contributed by atoms with van der Waals surface area (Å²) in [7, 11) is 0. The highest BCUT2D eigenvalue weighted by Gasteiger charge is 2.09. The molecule has 0 bridgehead atoms. The quantitative estimate of drug-likeness (QED) is 0.321. The predicted molar refractivity (Wildman–Crippen MR) is 99.6 cm³/mol. The van der Waals surface area contributed by atoms with Crippen molar-refractivity contribution < 1.29 is 8.78 Å². The molecule has 0 saturated carbocycles. The minimum absolute atomic E-state index is 0.330. The van der Waals surface area contributed by atoms with Crippen LogP contribution in [0.1, 0.15) is 5.69 Å². The van der Waals surface area contributed by atoms with Crippen LogP contribution in [0.2, 0.25) is 10.0 Å². The standard InChI is InChI=1S/C8H6ClFN2.C7H3ClFIN2/c1-4-8-6(10)2-5(9)3-7(8)12-11-4;8-3-1-4(9)6-5(2-3)11-12-7(6)10/h2-3H,1H3,(H,11,12);1-2H,(H,11,12). The van der Waals surface area contributed by atoms with Crippen LogP contribution in [0.15, 0.2) is 24.3 Å². The summed E-state index contributed by atoms with van der Waals surface area (Å²) in [6.45, 7) is 1.77. The molecule has 0 spiro atoms. The Balaban J connectivity index is 0.000000141. The first-order chi connectivity index (χ1) is 11.4. The molecule has 9 heteroatoms. The van der Waals surface area contributed by atoms with Crippen LogP contribution in [0.5, 0.6) is 0 Å². The topological polar surface area (TPSA) is 57.4 Å². The average Bonchev–Trinajstić information content (AvgIpc) is 3.03. The van der Waals surface area contributed by atoms with Gasteiger partial charge in [0.15, 0.2) is 0 Å². The van der Waals surface area contributed by atoms with Crippen molar-refractivity contribution in [3.8, 4) is 0 Å². The van der Waals surface area contributed by atoms with Gasteiger partial charge in [0.05, 0.1) is 21.8 Å². The van der Waals surface area contributed by atoms with Crippen molar-refractivity contribution in [2.24, 2.45) is 0 Å². The number of hydrogen-bond acceptors (Lipinski definition) is 2. The summed E-state index contributed by atoms with van der Waals surface area (Å²) in [5.41, 5.74) is 1.85. The molecule has 4 aromatic rings. The van der Waals surface area contributed by atoms with Gasteiger partial charge in [0.25, 0.3) is 0 Å². The van der Waals surface area contributed by atoms with E-state index in [1.165, 1.54) is 12.1 Å². The Morgan fingerprint density at radius 2 is 1.38 bits per heavy atom. The number of nitrogens with zero attached hydrogens (tertiary/aromatic N) is 2. The third kappa shape index (κ3) is 3.33. The van der Waals surface area contributed by atoms with Crippen molar-refractivity contribution in [1.82, 2.24) is 20.4 Å². The lowest BCUT2D eigenvalue weighted by Crippen LogP contribution is -1.78. The van der Waals surface area contributed by atoms with Gasteiger partial charge in [-0.05, 0) is 53.8 Å². The van der Waals surface area contributed by atoms with E-state index in [0.29, 0.717) is 35.6 Å². The third-order valence-corrected chi connectivity index (χ3v) is 4.50. The zero-order chi connectivity index (χ0) is 17.4. The number of aryl methyl sites for hydroxylation is 1. The third-order valence-electron chi connectivity index (χ3n) is 3.28. The number of nitrogens with one attached hydrogen (secondary N) is 2. The van der Waals surface area contributed by atoms with Crippen molar-refractivity contribution in [3.63, 3.8) is 0 Å². The van der Waals surface area contributed by atoms with E-state index in [1.807, 2.05) is 22.6 Å². The summed E-state index contributed by atoms with van der Waals surface area (Å²) in [4.78, 5) is 0. The van der Waals surface area contributed by atoms with Crippen LogP contribution in [0.3, 0.4) is 0 Å². The van der Waals surface area contributed by atoms with Crippen molar-refractivity contribution in [2.45, 2.75) is 6.92 Å². The fourth-order valence-corrected chi connectivity index (χ4v) is 3.30. The Bertz CT molecular complexity index is 961. The summed E-state index contributed by atoms with van der Waals surface area (Å²) in [6.07, 6.45) is 0. The minimum atomic E-state index is -0.337. The molecule has 2 N–H and O–H groups in total. The van der Waals surface area contributed by atoms with Crippen molar-refractivity contribution in [2.75, 3.05) is 0 Å². The Morgan fingerprint density at radius 3 is 2.00 bits per heavy atom. The van der Waals surface area contributed by atoms with E-state index in [2.05, 4.69) is 20.4 Å². The molecule has 24 heavy (non-hydrogen) atoms. The Hall–Kier alpha value is -1.45. The fourth-order valence-electron chi connectivity index (χ4n) is 2.25. The Morgan fingerprint density at radius 1 is 0.875 bits per heavy atom. The molecule has 2 aromatic heterocycles. The van der Waals surface area contributed by atoms with Gasteiger partial charge in [0.1, 0.15) is 15.3 Å². The van der Waals surface area contributed by atoms with Gasteiger partial charge in [0.2, 0.25) is 0 Å². The van der Waals surface area contributed by atoms with Crippen LogP contribution in [0, 0.1) is 22.3 Å². The zero-order valence-corrected chi connectivity index (χ0v) is 15.8. The molecule has 0 radical (unpaired) electrons. The number of rotatable bonds is 0. The maximum absolute atomic E-state index is 13.2. The summed E-state index contributed by atoms with van der Waals surface area (Å²) >= 11 is 13.3. The van der Waals surface area contributed by atoms with Crippen LogP contribution in [0.25, 0.3) is 21.8 Å². The lowest BCUT2D eigenvalue weighted by atomic mass is 10.2. The number of benzene rings is 2. The molecule has 0 amide bonds. The normalized spacial score (nSPS) is 10.9. The van der Waals surface area contributed by atoms with E-state index in [9.17, 15) is 8.78 Å². The number of fused-ring (bicyclic) bond motifs is 2. The van der Waals surface area contributed by atoms with Gasteiger partial charge >= 0.3 is 0 Å². The van der Waals surface area contributed by atoms with Crippen LogP contribution in [0.4, 0.5) is 8.78 Å². The van der Waals surface area contributed by atoms with Gasteiger partial charge in [-0.1, -0.05) is 23.2 Å². The molecular formula is C15H9Cl2F2IN4. The first-order valence-electron chi connectivity index (χ1n) is 6.65. The summed E-state index contributed by atoms with van der Waals surface area (Å²) in [5.74, 6) is -0.667. The molecule has 0 aliphatic heterocycles. The van der Waals surface area contributed by atoms with E-state index < -0.39 is 0 Å². The fraction of sp³-hybridized carbons (Fsp3) is 0.0667. The highest BCUT2D eigenvalue weighted by molar-refractivity contribution is 14.1. The molecule has 2 heterocycles. The highest BCUT2D eigenvalue weighted by Crippen LogP contribution is 2.25. The number of aromatic nitrogens is 4. The monoisotopic (exact) mass is 480 g/mol. The smallest absolute Gasteiger partial charge is 0.136 e. The second kappa shape index (κ2) is 6.81. The first-order valence-corrected chi connectivity index (χ1v) is 8.48. The second-order valence-electron chi connectivity index (χ2n) is 4.95. The molecule has 0 atom stereocenters. The molecular weight excluding hydrogens is 472 g/mol. The van der Waals surface area contributed by atoms with Crippen LogP contribution in [-0.2, 0) is 0 Å². The molecule has 0 unspecified atom stereocenters. The lowest BCUT2D eigenvalue weighted by Gasteiger charge is -1.93. The maximum Gasteiger partial charge on any atom is 0.136 e. The summed E-state index contributed by atoms with van der Waals surface area (Å²) in [5, 5.41) is 14.9. The molecule has 124 valence electrons. The van der Waals surface area contributed by atoms with Gasteiger partial charge in [-0.2, -0.15) is 10.2 Å². The second-order valence-corrected chi connectivity index (χ2v) is 6.90. The molecule has 0 fully saturated rings. The van der Waals surface area contributed by atoms with E-state index in [-0.39, 0.29) is 11.6 Å². The van der Waals surface area contributed by atoms with E-state index in [0.717, 1.165) is 5.69 Å². The maximum atomic E-state index is 13.2. The highest BCUT2D eigenvalue weighted by atomic mass is 127. The van der Waals surface area contributed by atoms with Crippen LogP contribution < -0.4 is 0 Å². The van der Waals surface area contributed by atoms with E-state index in [1.54, 1.807) is 19.1 Å².